The minimum atomic E-state index is -0.899. The van der Waals surface area contributed by atoms with Gasteiger partial charge in [-0.3, -0.25) is 4.79 Å². The van der Waals surface area contributed by atoms with Gasteiger partial charge in [0.05, 0.1) is 11.6 Å². The molecule has 0 aliphatic heterocycles. The lowest BCUT2D eigenvalue weighted by molar-refractivity contribution is -0.127. The zero-order valence-electron chi connectivity index (χ0n) is 13.2. The van der Waals surface area contributed by atoms with Crippen molar-refractivity contribution in [3.63, 3.8) is 0 Å². The molecule has 0 fully saturated rings. The van der Waals surface area contributed by atoms with Crippen LogP contribution in [0.15, 0.2) is 24.3 Å². The monoisotopic (exact) mass is 296 g/mol. The number of nitrogens with two attached hydrogens (primary N) is 1. The first-order chi connectivity index (χ1) is 9.81. The number of carbonyl (C=O) groups is 1. The van der Waals surface area contributed by atoms with Crippen LogP contribution in [0.25, 0.3) is 0 Å². The van der Waals surface area contributed by atoms with Crippen molar-refractivity contribution in [3.8, 4) is 0 Å². The Morgan fingerprint density at radius 2 is 2.00 bits per heavy atom. The molecule has 0 saturated carbocycles. The second kappa shape index (κ2) is 7.52. The van der Waals surface area contributed by atoms with Crippen LogP contribution in [0.3, 0.4) is 0 Å². The molecule has 0 aromatic heterocycles. The topological polar surface area (TPSA) is 64.4 Å². The molecule has 3 atom stereocenters. The standard InChI is InChI=1S/C16H25FN2O2/c1-5-10-16(3,18)15(20)19-11(2)14(21-4)12-6-8-13(17)9-7-12/h6-9,11,14H,5,10,18H2,1-4H3,(H,19,20). The second-order valence-electron chi connectivity index (χ2n) is 5.64. The van der Waals surface area contributed by atoms with Gasteiger partial charge in [0.25, 0.3) is 0 Å². The van der Waals surface area contributed by atoms with Gasteiger partial charge in [-0.05, 0) is 38.0 Å². The van der Waals surface area contributed by atoms with E-state index in [9.17, 15) is 9.18 Å². The maximum Gasteiger partial charge on any atom is 0.240 e. The van der Waals surface area contributed by atoms with E-state index in [0.717, 1.165) is 12.0 Å². The maximum atomic E-state index is 13.0. The lowest BCUT2D eigenvalue weighted by Gasteiger charge is -2.29. The first kappa shape index (κ1) is 17.6. The van der Waals surface area contributed by atoms with Gasteiger partial charge in [-0.15, -0.1) is 0 Å². The molecule has 0 radical (unpaired) electrons. The third-order valence-electron chi connectivity index (χ3n) is 3.55. The van der Waals surface area contributed by atoms with Gasteiger partial charge in [0.1, 0.15) is 11.9 Å². The average molecular weight is 296 g/mol. The van der Waals surface area contributed by atoms with Gasteiger partial charge < -0.3 is 15.8 Å². The summed E-state index contributed by atoms with van der Waals surface area (Å²) in [4.78, 5) is 12.2. The molecule has 4 nitrogen and oxygen atoms in total. The maximum absolute atomic E-state index is 13.0. The summed E-state index contributed by atoms with van der Waals surface area (Å²) in [5.41, 5.74) is 5.92. The minimum absolute atomic E-state index is 0.207. The van der Waals surface area contributed by atoms with Crippen LogP contribution in [0, 0.1) is 5.82 Å². The molecule has 3 unspecified atom stereocenters. The smallest absolute Gasteiger partial charge is 0.240 e. The molecule has 1 aromatic carbocycles. The van der Waals surface area contributed by atoms with Gasteiger partial charge in [0, 0.05) is 7.11 Å². The van der Waals surface area contributed by atoms with Crippen molar-refractivity contribution >= 4 is 5.91 Å². The van der Waals surface area contributed by atoms with Crippen LogP contribution >= 0.6 is 0 Å². The lowest BCUT2D eigenvalue weighted by Crippen LogP contribution is -2.54. The molecule has 5 heteroatoms. The van der Waals surface area contributed by atoms with Gasteiger partial charge in [0.2, 0.25) is 5.91 Å². The Balaban J connectivity index is 2.78. The van der Waals surface area contributed by atoms with E-state index >= 15 is 0 Å². The summed E-state index contributed by atoms with van der Waals surface area (Å²) in [6, 6.07) is 5.78. The van der Waals surface area contributed by atoms with E-state index < -0.39 is 5.54 Å². The van der Waals surface area contributed by atoms with Crippen molar-refractivity contribution < 1.29 is 13.9 Å². The largest absolute Gasteiger partial charge is 0.375 e. The van der Waals surface area contributed by atoms with E-state index in [1.54, 1.807) is 26.2 Å². The number of methoxy groups -OCH3 is 1. The Kier molecular flexibility index (Phi) is 6.30. The Morgan fingerprint density at radius 1 is 1.43 bits per heavy atom. The molecule has 0 bridgehead atoms. The van der Waals surface area contributed by atoms with Crippen LogP contribution in [0.1, 0.15) is 45.3 Å². The molecule has 0 heterocycles. The highest BCUT2D eigenvalue weighted by Crippen LogP contribution is 2.21. The van der Waals surface area contributed by atoms with Gasteiger partial charge in [0.15, 0.2) is 0 Å². The highest BCUT2D eigenvalue weighted by molar-refractivity contribution is 5.85. The number of amides is 1. The van der Waals surface area contributed by atoms with E-state index in [1.807, 2.05) is 13.8 Å². The molecule has 118 valence electrons. The summed E-state index contributed by atoms with van der Waals surface area (Å²) in [6.45, 7) is 5.55. The minimum Gasteiger partial charge on any atom is -0.375 e. The summed E-state index contributed by atoms with van der Waals surface area (Å²) in [5.74, 6) is -0.510. The van der Waals surface area contributed by atoms with E-state index in [2.05, 4.69) is 5.32 Å². The number of carbonyl (C=O) groups excluding carboxylic acids is 1. The molecule has 0 saturated heterocycles. The summed E-state index contributed by atoms with van der Waals surface area (Å²) in [7, 11) is 1.56. The Hall–Kier alpha value is -1.46. The summed E-state index contributed by atoms with van der Waals surface area (Å²) in [6.07, 6.45) is 1.09. The molecule has 0 spiro atoms. The van der Waals surface area contributed by atoms with Crippen LogP contribution in [-0.2, 0) is 9.53 Å². The van der Waals surface area contributed by atoms with Crippen LogP contribution in [0.4, 0.5) is 4.39 Å². The first-order valence-corrected chi connectivity index (χ1v) is 7.20. The van der Waals surface area contributed by atoms with Gasteiger partial charge >= 0.3 is 0 Å². The van der Waals surface area contributed by atoms with Gasteiger partial charge in [-0.25, -0.2) is 4.39 Å². The first-order valence-electron chi connectivity index (χ1n) is 7.20. The Labute approximate surface area is 125 Å². The van der Waals surface area contributed by atoms with Crippen molar-refractivity contribution in [3.05, 3.63) is 35.6 Å². The van der Waals surface area contributed by atoms with Crippen LogP contribution in [0.5, 0.6) is 0 Å². The summed E-state index contributed by atoms with van der Waals surface area (Å²) in [5, 5.41) is 2.89. The molecule has 0 aliphatic rings. The average Bonchev–Trinajstić information content (AvgIpc) is 2.41. The highest BCUT2D eigenvalue weighted by atomic mass is 19.1. The summed E-state index contributed by atoms with van der Waals surface area (Å²) >= 11 is 0. The van der Waals surface area contributed by atoms with Crippen molar-refractivity contribution in [2.75, 3.05) is 7.11 Å². The lowest BCUT2D eigenvalue weighted by atomic mass is 9.95. The fourth-order valence-corrected chi connectivity index (χ4v) is 2.36. The van der Waals surface area contributed by atoms with E-state index in [0.29, 0.717) is 6.42 Å². The van der Waals surface area contributed by atoms with Crippen LogP contribution in [0.2, 0.25) is 0 Å². The number of hydrogen-bond acceptors (Lipinski definition) is 3. The molecule has 1 amide bonds. The predicted molar refractivity (Wildman–Crippen MR) is 81.3 cm³/mol. The third-order valence-corrected chi connectivity index (χ3v) is 3.55. The molecule has 21 heavy (non-hydrogen) atoms. The van der Waals surface area contributed by atoms with Crippen molar-refractivity contribution in [2.45, 2.75) is 51.3 Å². The SMILES string of the molecule is CCCC(C)(N)C(=O)NC(C)C(OC)c1ccc(F)cc1. The van der Waals surface area contributed by atoms with Gasteiger partial charge in [-0.2, -0.15) is 0 Å². The molecule has 1 aromatic rings. The van der Waals surface area contributed by atoms with E-state index in [4.69, 9.17) is 10.5 Å². The zero-order valence-corrected chi connectivity index (χ0v) is 13.2. The van der Waals surface area contributed by atoms with E-state index in [-0.39, 0.29) is 23.9 Å². The number of halogens is 1. The Morgan fingerprint density at radius 3 is 2.48 bits per heavy atom. The molecular formula is C16H25FN2O2. The molecule has 1 rings (SSSR count). The fourth-order valence-electron chi connectivity index (χ4n) is 2.36. The number of rotatable bonds is 7. The second-order valence-corrected chi connectivity index (χ2v) is 5.64. The van der Waals surface area contributed by atoms with Crippen LogP contribution in [-0.4, -0.2) is 24.6 Å². The molecule has 0 aliphatic carbocycles. The number of hydrogen-bond donors (Lipinski definition) is 2. The van der Waals surface area contributed by atoms with Crippen molar-refractivity contribution in [1.82, 2.24) is 5.32 Å². The number of ether oxygens (including phenoxy) is 1. The predicted octanol–water partition coefficient (Wildman–Crippen LogP) is 2.54. The third kappa shape index (κ3) is 4.79. The van der Waals surface area contributed by atoms with Gasteiger partial charge in [-0.1, -0.05) is 25.5 Å². The van der Waals surface area contributed by atoms with Crippen molar-refractivity contribution in [2.24, 2.45) is 5.73 Å². The Bertz CT molecular complexity index is 460. The fraction of sp³-hybridized carbons (Fsp3) is 0.562. The summed E-state index contributed by atoms with van der Waals surface area (Å²) < 4.78 is 18.4. The molecule has 3 N–H and O–H groups in total. The molecular weight excluding hydrogens is 271 g/mol. The van der Waals surface area contributed by atoms with E-state index in [1.165, 1.54) is 12.1 Å². The highest BCUT2D eigenvalue weighted by Gasteiger charge is 2.30. The number of nitrogens with one attached hydrogen (secondary N) is 1. The normalized spacial score (nSPS) is 16.9. The van der Waals surface area contributed by atoms with Crippen molar-refractivity contribution in [1.29, 1.82) is 0 Å². The number of benzene rings is 1. The quantitative estimate of drug-likeness (QED) is 0.812. The van der Waals surface area contributed by atoms with Crippen LogP contribution < -0.4 is 11.1 Å². The zero-order chi connectivity index (χ0) is 16.0.